The summed E-state index contributed by atoms with van der Waals surface area (Å²) in [7, 11) is 0. The van der Waals surface area contributed by atoms with Crippen molar-refractivity contribution in [3.05, 3.63) is 39.9 Å². The molecule has 1 aromatic rings. The number of nitro groups is 1. The Balaban J connectivity index is 2.18. The number of aliphatic imine (C=N–C) groups is 1. The molecule has 1 fully saturated rings. The second kappa shape index (κ2) is 16.1. The highest BCUT2D eigenvalue weighted by Gasteiger charge is 2.35. The highest BCUT2D eigenvalue weighted by molar-refractivity contribution is 5.94. The molecule has 15 nitrogen and oxygen atoms in total. The molecule has 15 heteroatoms. The molecule has 1 aromatic carbocycles. The van der Waals surface area contributed by atoms with Crippen LogP contribution in [0.5, 0.6) is 0 Å². The summed E-state index contributed by atoms with van der Waals surface area (Å²) in [6.45, 7) is 1.46. The lowest BCUT2D eigenvalue weighted by molar-refractivity contribution is -0.384. The second-order valence-electron chi connectivity index (χ2n) is 10.1. The van der Waals surface area contributed by atoms with Crippen molar-refractivity contribution in [1.82, 2.24) is 16.0 Å². The number of non-ortho nitro benzene ring substituents is 1. The van der Waals surface area contributed by atoms with E-state index in [2.05, 4.69) is 20.9 Å². The van der Waals surface area contributed by atoms with Gasteiger partial charge in [-0.2, -0.15) is 0 Å². The zero-order chi connectivity index (χ0) is 30.5. The quantitative estimate of drug-likeness (QED) is 0.0470. The van der Waals surface area contributed by atoms with Gasteiger partial charge < -0.3 is 37.6 Å². The van der Waals surface area contributed by atoms with E-state index in [0.717, 1.165) is 19.3 Å². The normalized spacial score (nSPS) is 16.3. The topological polar surface area (TPSA) is 252 Å². The smallest absolute Gasteiger partial charge is 0.326 e. The van der Waals surface area contributed by atoms with Crippen LogP contribution in [0.2, 0.25) is 0 Å². The average molecular weight is 578 g/mol. The minimum absolute atomic E-state index is 0.0250. The summed E-state index contributed by atoms with van der Waals surface area (Å²) in [4.78, 5) is 65.1. The van der Waals surface area contributed by atoms with Gasteiger partial charge in [-0.1, -0.05) is 31.4 Å². The molecule has 41 heavy (non-hydrogen) atoms. The lowest BCUT2D eigenvalue weighted by Gasteiger charge is -2.30. The Labute approximate surface area is 237 Å². The summed E-state index contributed by atoms with van der Waals surface area (Å²) >= 11 is 0. The number of carbonyl (C=O) groups is 4. The highest BCUT2D eigenvalue weighted by Crippen LogP contribution is 2.26. The Morgan fingerprint density at radius 1 is 1.05 bits per heavy atom. The molecule has 0 saturated heterocycles. The largest absolute Gasteiger partial charge is 0.480 e. The summed E-state index contributed by atoms with van der Waals surface area (Å²) < 4.78 is 0. The summed E-state index contributed by atoms with van der Waals surface area (Å²) in [5, 5.41) is 38.5. The summed E-state index contributed by atoms with van der Waals surface area (Å²) in [5.41, 5.74) is 10.9. The Hall–Kier alpha value is -4.27. The van der Waals surface area contributed by atoms with E-state index in [1.807, 2.05) is 0 Å². The predicted molar refractivity (Wildman–Crippen MR) is 148 cm³/mol. The standard InChI is InChI=1S/C26H39N7O8/c1-15(34)21(24(37)32-22(25(38)39)17-6-3-2-4-7-17)31-23(36)19(30-20(35)8-5-13-29-26(27)28)14-16-9-11-18(12-10-16)33(40)41/h9-12,15,17,19,21-22,34H,2-8,13-14H2,1H3,(H,30,35)(H,31,36)(H,32,37)(H,38,39)(H4,27,28,29). The van der Waals surface area contributed by atoms with E-state index in [4.69, 9.17) is 11.5 Å². The fourth-order valence-electron chi connectivity index (χ4n) is 4.66. The second-order valence-corrected chi connectivity index (χ2v) is 10.1. The molecular formula is C26H39N7O8. The molecule has 1 aliphatic carbocycles. The van der Waals surface area contributed by atoms with Crippen LogP contribution in [-0.2, 0) is 25.6 Å². The van der Waals surface area contributed by atoms with Crippen molar-refractivity contribution < 1.29 is 34.3 Å². The third-order valence-electron chi connectivity index (χ3n) is 6.84. The van der Waals surface area contributed by atoms with Gasteiger partial charge >= 0.3 is 5.97 Å². The first kappa shape index (κ1) is 32.9. The lowest BCUT2D eigenvalue weighted by atomic mass is 9.83. The third-order valence-corrected chi connectivity index (χ3v) is 6.84. The maximum absolute atomic E-state index is 13.3. The molecule has 0 spiro atoms. The molecule has 3 amide bonds. The number of carboxylic acid groups (broad SMARTS) is 1. The molecule has 0 heterocycles. The SMILES string of the molecule is CC(O)C(NC(=O)C(Cc1ccc([N+](=O)[O-])cc1)NC(=O)CCCN=C(N)N)C(=O)NC(C(=O)O)C1CCCCC1. The van der Waals surface area contributed by atoms with Gasteiger partial charge in [0.25, 0.3) is 5.69 Å². The van der Waals surface area contributed by atoms with Crippen molar-refractivity contribution in [3.8, 4) is 0 Å². The number of amides is 3. The average Bonchev–Trinajstić information content (AvgIpc) is 2.92. The molecule has 2 rings (SSSR count). The van der Waals surface area contributed by atoms with Gasteiger partial charge in [-0.25, -0.2) is 4.79 Å². The molecule has 0 aromatic heterocycles. The van der Waals surface area contributed by atoms with Gasteiger partial charge in [0, 0.05) is 31.5 Å². The number of carbonyl (C=O) groups excluding carboxylic acids is 3. The van der Waals surface area contributed by atoms with E-state index < -0.39 is 52.8 Å². The van der Waals surface area contributed by atoms with Crippen molar-refractivity contribution >= 4 is 35.3 Å². The van der Waals surface area contributed by atoms with Gasteiger partial charge in [0.15, 0.2) is 5.96 Å². The van der Waals surface area contributed by atoms with Crippen LogP contribution in [0.4, 0.5) is 5.69 Å². The molecule has 1 saturated carbocycles. The number of nitrogens with zero attached hydrogens (tertiary/aromatic N) is 2. The van der Waals surface area contributed by atoms with Gasteiger partial charge in [-0.3, -0.25) is 29.5 Å². The number of nitrogens with one attached hydrogen (secondary N) is 3. The number of nitro benzene ring substituents is 1. The molecular weight excluding hydrogens is 538 g/mol. The van der Waals surface area contributed by atoms with E-state index in [0.29, 0.717) is 18.4 Å². The van der Waals surface area contributed by atoms with Crippen LogP contribution in [0.1, 0.15) is 57.4 Å². The Kier molecular flexibility index (Phi) is 12.9. The molecule has 4 unspecified atom stereocenters. The number of aliphatic carboxylic acids is 1. The van der Waals surface area contributed by atoms with Gasteiger partial charge in [-0.15, -0.1) is 0 Å². The fraction of sp³-hybridized carbons (Fsp3) is 0.577. The van der Waals surface area contributed by atoms with Crippen LogP contribution in [0, 0.1) is 16.0 Å². The summed E-state index contributed by atoms with van der Waals surface area (Å²) in [6.07, 6.45) is 2.72. The zero-order valence-electron chi connectivity index (χ0n) is 23.0. The first-order chi connectivity index (χ1) is 19.4. The summed E-state index contributed by atoms with van der Waals surface area (Å²) in [5.74, 6) is -3.81. The highest BCUT2D eigenvalue weighted by atomic mass is 16.6. The van der Waals surface area contributed by atoms with E-state index >= 15 is 0 Å². The van der Waals surface area contributed by atoms with Crippen LogP contribution in [-0.4, -0.2) is 75.6 Å². The van der Waals surface area contributed by atoms with Crippen molar-refractivity contribution in [2.45, 2.75) is 82.5 Å². The number of aliphatic hydroxyl groups excluding tert-OH is 1. The maximum atomic E-state index is 13.3. The van der Waals surface area contributed by atoms with E-state index in [9.17, 15) is 39.5 Å². The number of benzene rings is 1. The van der Waals surface area contributed by atoms with Crippen molar-refractivity contribution in [2.24, 2.45) is 22.4 Å². The Morgan fingerprint density at radius 2 is 1.68 bits per heavy atom. The fourth-order valence-corrected chi connectivity index (χ4v) is 4.66. The Morgan fingerprint density at radius 3 is 2.22 bits per heavy atom. The molecule has 4 atom stereocenters. The minimum Gasteiger partial charge on any atom is -0.480 e. The van der Waals surface area contributed by atoms with Crippen molar-refractivity contribution in [2.75, 3.05) is 6.54 Å². The van der Waals surface area contributed by atoms with Crippen LogP contribution < -0.4 is 27.4 Å². The predicted octanol–water partition coefficient (Wildman–Crippen LogP) is -0.309. The van der Waals surface area contributed by atoms with E-state index in [1.165, 1.54) is 31.2 Å². The monoisotopic (exact) mass is 577 g/mol. The molecule has 9 N–H and O–H groups in total. The number of guanidine groups is 1. The van der Waals surface area contributed by atoms with Crippen molar-refractivity contribution in [1.29, 1.82) is 0 Å². The van der Waals surface area contributed by atoms with Gasteiger partial charge in [-0.05, 0) is 37.7 Å². The van der Waals surface area contributed by atoms with Gasteiger partial charge in [0.2, 0.25) is 17.7 Å². The molecule has 226 valence electrons. The molecule has 0 radical (unpaired) electrons. The lowest BCUT2D eigenvalue weighted by Crippen LogP contribution is -2.60. The summed E-state index contributed by atoms with van der Waals surface area (Å²) in [6, 6.07) is 1.46. The first-order valence-corrected chi connectivity index (χ1v) is 13.5. The zero-order valence-corrected chi connectivity index (χ0v) is 23.0. The van der Waals surface area contributed by atoms with Gasteiger partial charge in [0.1, 0.15) is 18.1 Å². The molecule has 1 aliphatic rings. The van der Waals surface area contributed by atoms with Crippen LogP contribution in [0.25, 0.3) is 0 Å². The number of hydrogen-bond acceptors (Lipinski definition) is 8. The number of nitrogens with two attached hydrogens (primary N) is 2. The van der Waals surface area contributed by atoms with E-state index in [-0.39, 0.29) is 43.4 Å². The molecule has 0 aliphatic heterocycles. The van der Waals surface area contributed by atoms with Crippen LogP contribution >= 0.6 is 0 Å². The minimum atomic E-state index is -1.51. The number of aliphatic hydroxyl groups is 1. The van der Waals surface area contributed by atoms with E-state index in [1.54, 1.807) is 0 Å². The number of hydrogen-bond donors (Lipinski definition) is 7. The van der Waals surface area contributed by atoms with Crippen LogP contribution in [0.15, 0.2) is 29.3 Å². The Bertz CT molecular complexity index is 1100. The third kappa shape index (κ3) is 11.0. The van der Waals surface area contributed by atoms with Crippen LogP contribution in [0.3, 0.4) is 0 Å². The number of carboxylic acids is 1. The van der Waals surface area contributed by atoms with Gasteiger partial charge in [0.05, 0.1) is 11.0 Å². The first-order valence-electron chi connectivity index (χ1n) is 13.5. The number of rotatable bonds is 15. The van der Waals surface area contributed by atoms with Crippen molar-refractivity contribution in [3.63, 3.8) is 0 Å². The maximum Gasteiger partial charge on any atom is 0.326 e. The molecule has 0 bridgehead atoms.